The van der Waals surface area contributed by atoms with Crippen molar-refractivity contribution in [3.05, 3.63) is 0 Å². The van der Waals surface area contributed by atoms with Gasteiger partial charge < -0.3 is 10.8 Å². The Balaban J connectivity index is 3.35. The summed E-state index contributed by atoms with van der Waals surface area (Å²) in [6.45, 7) is 0.0809. The van der Waals surface area contributed by atoms with Gasteiger partial charge in [-0.25, -0.2) is 11.3 Å². The topological polar surface area (TPSA) is 146 Å². The van der Waals surface area contributed by atoms with Crippen LogP contribution in [-0.4, -0.2) is 29.7 Å². The highest BCUT2D eigenvalue weighted by atomic mass is 16.6. The van der Waals surface area contributed by atoms with Crippen molar-refractivity contribution in [2.75, 3.05) is 6.61 Å². The first-order valence-corrected chi connectivity index (χ1v) is 3.49. The van der Waals surface area contributed by atoms with E-state index in [4.69, 9.17) is 22.1 Å². The number of carboxylic acid groups (broad SMARTS) is 1. The van der Waals surface area contributed by atoms with E-state index >= 15 is 0 Å². The largest absolute Gasteiger partial charge is 0.480 e. The summed E-state index contributed by atoms with van der Waals surface area (Å²) in [5.74, 6) is 3.52. The van der Waals surface area contributed by atoms with Gasteiger partial charge in [0.2, 0.25) is 5.96 Å². The van der Waals surface area contributed by atoms with Gasteiger partial charge in [-0.05, 0) is 6.42 Å². The van der Waals surface area contributed by atoms with Gasteiger partial charge in [-0.2, -0.15) is 0 Å². The molecule has 8 nitrogen and oxygen atoms in total. The van der Waals surface area contributed by atoms with Crippen molar-refractivity contribution >= 4 is 11.9 Å². The highest BCUT2D eigenvalue weighted by Gasteiger charge is 2.10. The first-order valence-electron chi connectivity index (χ1n) is 3.49. The Morgan fingerprint density at radius 1 is 1.69 bits per heavy atom. The molecule has 0 aromatic rings. The van der Waals surface area contributed by atoms with Crippen LogP contribution in [0.2, 0.25) is 0 Å². The number of carboxylic acids is 1. The second-order valence-electron chi connectivity index (χ2n) is 2.20. The second-order valence-corrected chi connectivity index (χ2v) is 2.20. The third kappa shape index (κ3) is 5.84. The maximum atomic E-state index is 10.2. The highest BCUT2D eigenvalue weighted by Crippen LogP contribution is 1.87. The van der Waals surface area contributed by atoms with E-state index in [0.29, 0.717) is 0 Å². The van der Waals surface area contributed by atoms with Crippen molar-refractivity contribution in [2.45, 2.75) is 12.5 Å². The Bertz CT molecular complexity index is 185. The standard InChI is InChI=1S/C5H13N5O3/c6-3(4(11)12)1-2-13-10-5(7)9-8/h3H,1-2,6,8H2,(H,11,12)(H3,7,9,10)/t3-/m0/s1. The maximum Gasteiger partial charge on any atom is 0.320 e. The minimum absolute atomic E-state index is 0.0809. The number of aliphatic carboxylic acids is 1. The predicted molar refractivity (Wildman–Crippen MR) is 44.4 cm³/mol. The minimum atomic E-state index is -1.09. The smallest absolute Gasteiger partial charge is 0.320 e. The second kappa shape index (κ2) is 6.17. The molecule has 8 heteroatoms. The lowest BCUT2D eigenvalue weighted by atomic mass is 10.2. The molecular formula is C5H13N5O3. The fourth-order valence-electron chi connectivity index (χ4n) is 0.462. The summed E-state index contributed by atoms with van der Waals surface area (Å²) in [6.07, 6.45) is 0.153. The molecule has 13 heavy (non-hydrogen) atoms. The molecule has 0 aromatic carbocycles. The summed E-state index contributed by atoms with van der Waals surface area (Å²) < 4.78 is 0. The van der Waals surface area contributed by atoms with Crippen LogP contribution in [0.3, 0.4) is 0 Å². The Labute approximate surface area is 74.7 Å². The zero-order valence-electron chi connectivity index (χ0n) is 6.91. The maximum absolute atomic E-state index is 10.2. The van der Waals surface area contributed by atoms with Crippen molar-refractivity contribution in [1.29, 1.82) is 5.41 Å². The molecule has 0 aromatic heterocycles. The first kappa shape index (κ1) is 11.6. The van der Waals surface area contributed by atoms with Crippen LogP contribution in [0, 0.1) is 5.41 Å². The molecule has 0 spiro atoms. The van der Waals surface area contributed by atoms with Crippen LogP contribution < -0.4 is 22.5 Å². The predicted octanol–water partition coefficient (Wildman–Crippen LogP) is -2.29. The molecular weight excluding hydrogens is 178 g/mol. The van der Waals surface area contributed by atoms with Gasteiger partial charge in [0.05, 0.1) is 6.61 Å². The van der Waals surface area contributed by atoms with Gasteiger partial charge in [0.1, 0.15) is 6.04 Å². The van der Waals surface area contributed by atoms with Gasteiger partial charge in [0.15, 0.2) is 0 Å². The number of hydrogen-bond donors (Lipinski definition) is 6. The van der Waals surface area contributed by atoms with E-state index in [9.17, 15) is 4.79 Å². The van der Waals surface area contributed by atoms with Gasteiger partial charge in [-0.15, -0.1) is 0 Å². The molecule has 0 fully saturated rings. The zero-order valence-corrected chi connectivity index (χ0v) is 6.91. The van der Waals surface area contributed by atoms with Crippen LogP contribution in [0.1, 0.15) is 6.42 Å². The van der Waals surface area contributed by atoms with Crippen LogP contribution >= 0.6 is 0 Å². The zero-order chi connectivity index (χ0) is 10.3. The Morgan fingerprint density at radius 2 is 2.31 bits per heavy atom. The van der Waals surface area contributed by atoms with Gasteiger partial charge in [-0.1, -0.05) is 0 Å². The van der Waals surface area contributed by atoms with E-state index in [-0.39, 0.29) is 19.0 Å². The lowest BCUT2D eigenvalue weighted by Gasteiger charge is -2.08. The monoisotopic (exact) mass is 191 g/mol. The van der Waals surface area contributed by atoms with Gasteiger partial charge in [-0.3, -0.25) is 20.5 Å². The summed E-state index contributed by atoms with van der Waals surface area (Å²) in [7, 11) is 0. The Kier molecular flexibility index (Phi) is 5.52. The number of nitrogens with two attached hydrogens (primary N) is 2. The van der Waals surface area contributed by atoms with E-state index in [1.54, 1.807) is 0 Å². The first-order chi connectivity index (χ1) is 6.07. The normalized spacial score (nSPS) is 11.8. The molecule has 0 bridgehead atoms. The molecule has 0 radical (unpaired) electrons. The van der Waals surface area contributed by atoms with E-state index in [1.807, 2.05) is 5.43 Å². The van der Waals surface area contributed by atoms with Crippen molar-refractivity contribution < 1.29 is 14.7 Å². The molecule has 8 N–H and O–H groups in total. The van der Waals surface area contributed by atoms with Crippen molar-refractivity contribution in [2.24, 2.45) is 11.6 Å². The summed E-state index contributed by atoms with van der Waals surface area (Å²) in [6, 6.07) is -0.957. The molecule has 0 aliphatic carbocycles. The molecule has 0 amide bonds. The number of carbonyl (C=O) groups is 1. The lowest BCUT2D eigenvalue weighted by Crippen LogP contribution is -2.41. The van der Waals surface area contributed by atoms with Crippen LogP contribution in [0.15, 0.2) is 0 Å². The third-order valence-corrected chi connectivity index (χ3v) is 1.17. The fraction of sp³-hybridized carbons (Fsp3) is 0.600. The summed E-state index contributed by atoms with van der Waals surface area (Å²) >= 11 is 0. The van der Waals surface area contributed by atoms with Crippen LogP contribution in [0.5, 0.6) is 0 Å². The summed E-state index contributed by atoms with van der Waals surface area (Å²) in [4.78, 5) is 14.9. The van der Waals surface area contributed by atoms with E-state index < -0.39 is 12.0 Å². The molecule has 0 saturated carbocycles. The van der Waals surface area contributed by atoms with Crippen LogP contribution in [0.25, 0.3) is 0 Å². The molecule has 0 unspecified atom stereocenters. The molecule has 1 atom stereocenters. The van der Waals surface area contributed by atoms with Crippen molar-refractivity contribution in [3.8, 4) is 0 Å². The molecule has 0 rings (SSSR count). The summed E-state index contributed by atoms with van der Waals surface area (Å²) in [5, 5.41) is 15.2. The number of nitrogens with one attached hydrogen (secondary N) is 3. The SMILES string of the molecule is N=C(NN)NOCC[C@H](N)C(=O)O. The number of guanidine groups is 1. The number of hydroxylamine groups is 1. The lowest BCUT2D eigenvalue weighted by molar-refractivity contribution is -0.139. The Hall–Kier alpha value is -1.38. The third-order valence-electron chi connectivity index (χ3n) is 1.17. The van der Waals surface area contributed by atoms with Gasteiger partial charge >= 0.3 is 5.97 Å². The molecule has 76 valence electrons. The number of rotatable bonds is 5. The van der Waals surface area contributed by atoms with Gasteiger partial charge in [0, 0.05) is 0 Å². The summed E-state index contributed by atoms with van der Waals surface area (Å²) in [5.41, 5.74) is 9.27. The average Bonchev–Trinajstić information content (AvgIpc) is 2.11. The van der Waals surface area contributed by atoms with Gasteiger partial charge in [0.25, 0.3) is 0 Å². The molecule has 0 heterocycles. The minimum Gasteiger partial charge on any atom is -0.480 e. The molecule has 0 aliphatic heterocycles. The highest BCUT2D eigenvalue weighted by molar-refractivity contribution is 5.74. The molecule has 0 saturated heterocycles. The van der Waals surface area contributed by atoms with Crippen LogP contribution in [0.4, 0.5) is 0 Å². The van der Waals surface area contributed by atoms with E-state index in [2.05, 4.69) is 10.3 Å². The van der Waals surface area contributed by atoms with E-state index in [1.165, 1.54) is 0 Å². The Morgan fingerprint density at radius 3 is 2.77 bits per heavy atom. The fourth-order valence-corrected chi connectivity index (χ4v) is 0.462. The van der Waals surface area contributed by atoms with E-state index in [0.717, 1.165) is 0 Å². The quantitative estimate of drug-likeness (QED) is 0.0941. The molecule has 0 aliphatic rings. The van der Waals surface area contributed by atoms with Crippen molar-refractivity contribution in [3.63, 3.8) is 0 Å². The number of hydrogen-bond acceptors (Lipinski definition) is 5. The van der Waals surface area contributed by atoms with Crippen molar-refractivity contribution in [1.82, 2.24) is 10.9 Å². The average molecular weight is 191 g/mol. The number of hydrazine groups is 1. The van der Waals surface area contributed by atoms with Crippen LogP contribution in [-0.2, 0) is 9.63 Å².